The maximum atomic E-state index is 12.4. The van der Waals surface area contributed by atoms with Crippen molar-refractivity contribution in [2.45, 2.75) is 0 Å². The minimum Gasteiger partial charge on any atom is -0.334 e. The Balaban J connectivity index is 1.63. The number of hydrogen-bond acceptors (Lipinski definition) is 3. The van der Waals surface area contributed by atoms with Gasteiger partial charge >= 0.3 is 6.03 Å². The van der Waals surface area contributed by atoms with Gasteiger partial charge in [-0.3, -0.25) is 4.79 Å². The molecule has 1 aromatic heterocycles. The molecular weight excluding hydrogens is 378 g/mol. The first-order valence-electron chi connectivity index (χ1n) is 8.43. The largest absolute Gasteiger partial charge is 0.334 e. The van der Waals surface area contributed by atoms with Crippen LogP contribution in [0.4, 0.5) is 16.2 Å². The van der Waals surface area contributed by atoms with E-state index in [1.165, 1.54) is 6.20 Å². The third kappa shape index (κ3) is 4.77. The van der Waals surface area contributed by atoms with Crippen LogP contribution >= 0.6 is 11.6 Å². The zero-order chi connectivity index (χ0) is 19.9. The van der Waals surface area contributed by atoms with Crippen molar-refractivity contribution in [2.75, 3.05) is 17.2 Å². The molecule has 0 aliphatic rings. The predicted molar refractivity (Wildman–Crippen MR) is 110 cm³/mol. The van der Waals surface area contributed by atoms with E-state index >= 15 is 0 Å². The summed E-state index contributed by atoms with van der Waals surface area (Å²) in [4.78, 5) is 24.0. The van der Waals surface area contributed by atoms with Gasteiger partial charge in [-0.1, -0.05) is 29.8 Å². The molecule has 3 N–H and O–H groups in total. The van der Waals surface area contributed by atoms with E-state index in [9.17, 15) is 9.59 Å². The maximum Gasteiger partial charge on any atom is 0.319 e. The number of rotatable bonds is 6. The van der Waals surface area contributed by atoms with Gasteiger partial charge < -0.3 is 16.0 Å². The Bertz CT molecular complexity index is 998. The summed E-state index contributed by atoms with van der Waals surface area (Å²) in [6.07, 6.45) is 4.67. The number of nitrogens with zero attached hydrogens (tertiary/aromatic N) is 2. The topological polar surface area (TPSA) is 88.1 Å². The molecule has 0 unspecified atom stereocenters. The molecule has 0 aliphatic carbocycles. The monoisotopic (exact) mass is 395 g/mol. The van der Waals surface area contributed by atoms with Crippen molar-refractivity contribution in [3.63, 3.8) is 0 Å². The molecule has 8 heteroatoms. The highest BCUT2D eigenvalue weighted by atomic mass is 35.5. The third-order valence-corrected chi connectivity index (χ3v) is 4.07. The number of amides is 3. The van der Waals surface area contributed by atoms with E-state index in [2.05, 4.69) is 27.6 Å². The van der Waals surface area contributed by atoms with Gasteiger partial charge in [0.1, 0.15) is 0 Å². The van der Waals surface area contributed by atoms with E-state index in [0.29, 0.717) is 34.2 Å². The Morgan fingerprint density at radius 1 is 1.07 bits per heavy atom. The molecule has 0 aliphatic heterocycles. The van der Waals surface area contributed by atoms with Crippen LogP contribution in [0.3, 0.4) is 0 Å². The lowest BCUT2D eigenvalue weighted by Crippen LogP contribution is -2.28. The molecule has 0 radical (unpaired) electrons. The third-order valence-electron chi connectivity index (χ3n) is 3.75. The number of benzene rings is 2. The van der Waals surface area contributed by atoms with Gasteiger partial charge in [-0.25, -0.2) is 9.48 Å². The standard InChI is InChI=1S/C20H18ClN5O2/c1-2-11-22-20(28)25-16-9-7-15(8-10-16)24-19(27)14-12-23-26(13-14)18-6-4-3-5-17(18)21/h2-10,12-13H,1,11H2,(H,24,27)(H2,22,25,28). The van der Waals surface area contributed by atoms with Crippen molar-refractivity contribution in [3.05, 3.63) is 84.2 Å². The summed E-state index contributed by atoms with van der Waals surface area (Å²) >= 11 is 6.16. The fourth-order valence-corrected chi connectivity index (χ4v) is 2.61. The van der Waals surface area contributed by atoms with E-state index in [-0.39, 0.29) is 11.9 Å². The van der Waals surface area contributed by atoms with Crippen LogP contribution in [-0.4, -0.2) is 28.3 Å². The molecule has 7 nitrogen and oxygen atoms in total. The van der Waals surface area contributed by atoms with Crippen molar-refractivity contribution in [2.24, 2.45) is 0 Å². The van der Waals surface area contributed by atoms with Crippen molar-refractivity contribution in [3.8, 4) is 5.69 Å². The summed E-state index contributed by atoms with van der Waals surface area (Å²) in [5.41, 5.74) is 2.28. The minimum atomic E-state index is -0.330. The minimum absolute atomic E-state index is 0.303. The van der Waals surface area contributed by atoms with Crippen molar-refractivity contribution in [1.82, 2.24) is 15.1 Å². The van der Waals surface area contributed by atoms with Gasteiger partial charge in [0.15, 0.2) is 0 Å². The molecule has 0 bridgehead atoms. The highest BCUT2D eigenvalue weighted by Crippen LogP contribution is 2.20. The summed E-state index contributed by atoms with van der Waals surface area (Å²) in [5, 5.41) is 12.8. The van der Waals surface area contributed by atoms with Crippen LogP contribution in [0.15, 0.2) is 73.6 Å². The predicted octanol–water partition coefficient (Wildman–Crippen LogP) is 4.09. The van der Waals surface area contributed by atoms with E-state index in [1.54, 1.807) is 47.3 Å². The highest BCUT2D eigenvalue weighted by Gasteiger charge is 2.11. The van der Waals surface area contributed by atoms with Crippen LogP contribution in [-0.2, 0) is 0 Å². The van der Waals surface area contributed by atoms with Crippen molar-refractivity contribution in [1.29, 1.82) is 0 Å². The lowest BCUT2D eigenvalue weighted by atomic mass is 10.2. The SMILES string of the molecule is C=CCNC(=O)Nc1ccc(NC(=O)c2cnn(-c3ccccc3Cl)c2)cc1. The zero-order valence-corrected chi connectivity index (χ0v) is 15.6. The first-order chi connectivity index (χ1) is 13.6. The van der Waals surface area contributed by atoms with Crippen LogP contribution in [0.1, 0.15) is 10.4 Å². The quantitative estimate of drug-likeness (QED) is 0.549. The summed E-state index contributed by atoms with van der Waals surface area (Å²) in [6, 6.07) is 13.7. The highest BCUT2D eigenvalue weighted by molar-refractivity contribution is 6.32. The van der Waals surface area contributed by atoms with Crippen LogP contribution in [0.25, 0.3) is 5.69 Å². The first kappa shape index (κ1) is 19.2. The molecule has 0 saturated carbocycles. The first-order valence-corrected chi connectivity index (χ1v) is 8.81. The Hall–Kier alpha value is -3.58. The molecule has 0 fully saturated rings. The number of carbonyl (C=O) groups excluding carboxylic acids is 2. The lowest BCUT2D eigenvalue weighted by Gasteiger charge is -2.08. The Morgan fingerprint density at radius 3 is 2.43 bits per heavy atom. The number of aromatic nitrogens is 2. The van der Waals surface area contributed by atoms with Crippen LogP contribution in [0.2, 0.25) is 5.02 Å². The molecule has 3 rings (SSSR count). The van der Waals surface area contributed by atoms with E-state index in [4.69, 9.17) is 11.6 Å². The molecule has 0 spiro atoms. The average Bonchev–Trinajstić information content (AvgIpc) is 3.18. The van der Waals surface area contributed by atoms with Crippen LogP contribution < -0.4 is 16.0 Å². The van der Waals surface area contributed by atoms with Crippen LogP contribution in [0.5, 0.6) is 0 Å². The van der Waals surface area contributed by atoms with E-state index in [1.807, 2.05) is 18.2 Å². The number of urea groups is 1. The molecule has 142 valence electrons. The number of carbonyl (C=O) groups is 2. The maximum absolute atomic E-state index is 12.4. The normalized spacial score (nSPS) is 10.2. The molecule has 1 heterocycles. The zero-order valence-electron chi connectivity index (χ0n) is 14.9. The van der Waals surface area contributed by atoms with E-state index in [0.717, 1.165) is 0 Å². The van der Waals surface area contributed by atoms with Crippen LogP contribution in [0, 0.1) is 0 Å². The summed E-state index contributed by atoms with van der Waals surface area (Å²) < 4.78 is 1.55. The van der Waals surface area contributed by atoms with Gasteiger partial charge in [0, 0.05) is 24.1 Å². The summed E-state index contributed by atoms with van der Waals surface area (Å²) in [7, 11) is 0. The van der Waals surface area contributed by atoms with Crippen molar-refractivity contribution >= 4 is 34.9 Å². The number of para-hydroxylation sites is 1. The second-order valence-electron chi connectivity index (χ2n) is 5.78. The number of anilines is 2. The number of nitrogens with one attached hydrogen (secondary N) is 3. The molecule has 2 aromatic carbocycles. The molecule has 28 heavy (non-hydrogen) atoms. The van der Waals surface area contributed by atoms with Gasteiger partial charge in [-0.15, -0.1) is 6.58 Å². The Kier molecular flexibility index (Phi) is 6.08. The molecule has 3 amide bonds. The molecule has 0 saturated heterocycles. The second kappa shape index (κ2) is 8.88. The fourth-order valence-electron chi connectivity index (χ4n) is 2.39. The van der Waals surface area contributed by atoms with Crippen molar-refractivity contribution < 1.29 is 9.59 Å². The smallest absolute Gasteiger partial charge is 0.319 e. The van der Waals surface area contributed by atoms with E-state index < -0.39 is 0 Å². The summed E-state index contributed by atoms with van der Waals surface area (Å²) in [5.74, 6) is -0.303. The molecular formula is C20H18ClN5O2. The Morgan fingerprint density at radius 2 is 1.75 bits per heavy atom. The number of hydrogen-bond donors (Lipinski definition) is 3. The average molecular weight is 396 g/mol. The Labute approximate surface area is 167 Å². The number of halogens is 1. The molecule has 3 aromatic rings. The van der Waals surface area contributed by atoms with Gasteiger partial charge in [-0.2, -0.15) is 5.10 Å². The second-order valence-corrected chi connectivity index (χ2v) is 6.19. The fraction of sp³-hybridized carbons (Fsp3) is 0.0500. The van der Waals surface area contributed by atoms with Gasteiger partial charge in [0.05, 0.1) is 22.5 Å². The summed E-state index contributed by atoms with van der Waals surface area (Å²) in [6.45, 7) is 3.91. The van der Waals surface area contributed by atoms with Gasteiger partial charge in [0.25, 0.3) is 5.91 Å². The molecule has 0 atom stereocenters. The van der Waals surface area contributed by atoms with Gasteiger partial charge in [0.2, 0.25) is 0 Å². The lowest BCUT2D eigenvalue weighted by molar-refractivity contribution is 0.102. The van der Waals surface area contributed by atoms with Gasteiger partial charge in [-0.05, 0) is 36.4 Å².